The normalized spacial score (nSPS) is 21.9. The van der Waals surface area contributed by atoms with Gasteiger partial charge in [0.25, 0.3) is 0 Å². The van der Waals surface area contributed by atoms with E-state index >= 15 is 0 Å². The van der Waals surface area contributed by atoms with E-state index in [0.29, 0.717) is 38.2 Å². The Kier molecular flexibility index (Phi) is 5.22. The Balaban J connectivity index is 1.64. The van der Waals surface area contributed by atoms with Crippen LogP contribution in [0.25, 0.3) is 0 Å². The number of amides is 2. The Morgan fingerprint density at radius 2 is 1.92 bits per heavy atom. The van der Waals surface area contributed by atoms with Crippen LogP contribution < -0.4 is 9.64 Å². The molecule has 1 aromatic rings. The Bertz CT molecular complexity index is 800. The van der Waals surface area contributed by atoms with E-state index in [0.717, 1.165) is 5.69 Å². The van der Waals surface area contributed by atoms with Crippen LogP contribution in [-0.2, 0) is 19.4 Å². The minimum Gasteiger partial charge on any atom is -0.497 e. The zero-order chi connectivity index (χ0) is 18.9. The molecule has 142 valence electrons. The highest BCUT2D eigenvalue weighted by molar-refractivity contribution is 7.91. The molecule has 2 fully saturated rings. The van der Waals surface area contributed by atoms with E-state index in [1.807, 2.05) is 12.1 Å². The highest BCUT2D eigenvalue weighted by atomic mass is 32.2. The average molecular weight is 380 g/mol. The smallest absolute Gasteiger partial charge is 0.228 e. The molecule has 0 saturated carbocycles. The predicted molar refractivity (Wildman–Crippen MR) is 97.9 cm³/mol. The Labute approximate surface area is 153 Å². The fourth-order valence-corrected chi connectivity index (χ4v) is 4.73. The Morgan fingerprint density at radius 3 is 2.54 bits per heavy atom. The molecule has 0 spiro atoms. The van der Waals surface area contributed by atoms with Gasteiger partial charge in [0.05, 0.1) is 18.3 Å². The summed E-state index contributed by atoms with van der Waals surface area (Å²) in [7, 11) is -1.50. The van der Waals surface area contributed by atoms with Crippen molar-refractivity contribution in [3.05, 3.63) is 24.3 Å². The van der Waals surface area contributed by atoms with Crippen molar-refractivity contribution in [1.29, 1.82) is 0 Å². The minimum absolute atomic E-state index is 0.0595. The second-order valence-corrected chi connectivity index (χ2v) is 9.29. The summed E-state index contributed by atoms with van der Waals surface area (Å²) < 4.78 is 28.5. The summed E-state index contributed by atoms with van der Waals surface area (Å²) in [6, 6.07) is 7.22. The molecule has 7 nitrogen and oxygen atoms in total. The van der Waals surface area contributed by atoms with Gasteiger partial charge in [0.1, 0.15) is 15.6 Å². The number of ether oxygens (including phenoxy) is 1. The number of hydrogen-bond acceptors (Lipinski definition) is 5. The van der Waals surface area contributed by atoms with Gasteiger partial charge in [-0.25, -0.2) is 8.42 Å². The summed E-state index contributed by atoms with van der Waals surface area (Å²) in [6.07, 6.45) is 2.36. The van der Waals surface area contributed by atoms with Crippen LogP contribution in [0.2, 0.25) is 0 Å². The summed E-state index contributed by atoms with van der Waals surface area (Å²) in [5.74, 6) is 0.134. The van der Waals surface area contributed by atoms with Crippen molar-refractivity contribution in [3.8, 4) is 5.75 Å². The summed E-state index contributed by atoms with van der Waals surface area (Å²) in [5, 5.41) is -0.370. The van der Waals surface area contributed by atoms with Gasteiger partial charge in [-0.2, -0.15) is 0 Å². The van der Waals surface area contributed by atoms with E-state index in [-0.39, 0.29) is 29.4 Å². The molecule has 2 aliphatic heterocycles. The van der Waals surface area contributed by atoms with Crippen LogP contribution in [-0.4, -0.2) is 63.4 Å². The minimum atomic E-state index is -3.07. The number of carbonyl (C=O) groups excluding carboxylic acids is 2. The number of methoxy groups -OCH3 is 1. The molecule has 3 rings (SSSR count). The number of anilines is 1. The summed E-state index contributed by atoms with van der Waals surface area (Å²) in [4.78, 5) is 28.5. The lowest BCUT2D eigenvalue weighted by atomic mass is 10.0. The van der Waals surface area contributed by atoms with Crippen LogP contribution in [0.3, 0.4) is 0 Å². The van der Waals surface area contributed by atoms with Gasteiger partial charge in [-0.3, -0.25) is 9.59 Å². The van der Waals surface area contributed by atoms with Crippen LogP contribution in [0.4, 0.5) is 5.69 Å². The van der Waals surface area contributed by atoms with Crippen molar-refractivity contribution in [2.45, 2.75) is 24.5 Å². The van der Waals surface area contributed by atoms with Gasteiger partial charge in [-0.05, 0) is 25.0 Å². The van der Waals surface area contributed by atoms with Crippen molar-refractivity contribution >= 4 is 27.3 Å². The van der Waals surface area contributed by atoms with Crippen molar-refractivity contribution in [2.24, 2.45) is 5.92 Å². The third-order valence-electron chi connectivity index (χ3n) is 5.20. The first-order valence-corrected chi connectivity index (χ1v) is 10.7. The summed E-state index contributed by atoms with van der Waals surface area (Å²) in [5.41, 5.74) is 0.723. The molecule has 0 N–H and O–H groups in total. The fraction of sp³-hybridized carbons (Fsp3) is 0.556. The molecule has 0 aliphatic carbocycles. The number of benzene rings is 1. The van der Waals surface area contributed by atoms with Crippen LogP contribution in [0.5, 0.6) is 5.75 Å². The van der Waals surface area contributed by atoms with Gasteiger partial charge in [0, 0.05) is 44.1 Å². The van der Waals surface area contributed by atoms with E-state index < -0.39 is 9.84 Å². The molecule has 26 heavy (non-hydrogen) atoms. The lowest BCUT2D eigenvalue weighted by molar-refractivity contribution is -0.136. The van der Waals surface area contributed by atoms with Crippen molar-refractivity contribution in [3.63, 3.8) is 0 Å². The molecule has 2 saturated heterocycles. The second kappa shape index (κ2) is 7.26. The van der Waals surface area contributed by atoms with Gasteiger partial charge < -0.3 is 14.5 Å². The van der Waals surface area contributed by atoms with E-state index in [4.69, 9.17) is 4.74 Å². The highest BCUT2D eigenvalue weighted by Crippen LogP contribution is 2.29. The topological polar surface area (TPSA) is 84.0 Å². The largest absolute Gasteiger partial charge is 0.497 e. The SMILES string of the molecule is COc1cccc(N2C[C@H](C(=O)N3CCC(S(C)(=O)=O)CC3)CC2=O)c1. The standard InChI is InChI=1S/C18H24N2O5S/c1-25-15-5-3-4-14(11-15)20-12-13(10-17(20)21)18(22)19-8-6-16(7-9-19)26(2,23)24/h3-5,11,13,16H,6-10,12H2,1-2H3/t13-/m1/s1. The first-order chi connectivity index (χ1) is 12.3. The lowest BCUT2D eigenvalue weighted by Crippen LogP contribution is -2.45. The van der Waals surface area contributed by atoms with Gasteiger partial charge in [-0.15, -0.1) is 0 Å². The Morgan fingerprint density at radius 1 is 1.23 bits per heavy atom. The van der Waals surface area contributed by atoms with Gasteiger partial charge in [0.2, 0.25) is 11.8 Å². The van der Waals surface area contributed by atoms with Crippen LogP contribution in [0.1, 0.15) is 19.3 Å². The molecule has 0 unspecified atom stereocenters. The zero-order valence-electron chi connectivity index (χ0n) is 15.1. The maximum absolute atomic E-state index is 12.8. The number of carbonyl (C=O) groups is 2. The number of piperidine rings is 1. The number of rotatable bonds is 4. The van der Waals surface area contributed by atoms with E-state index in [9.17, 15) is 18.0 Å². The summed E-state index contributed by atoms with van der Waals surface area (Å²) in [6.45, 7) is 1.21. The van der Waals surface area contributed by atoms with Crippen LogP contribution >= 0.6 is 0 Å². The van der Waals surface area contributed by atoms with E-state index in [1.54, 1.807) is 29.0 Å². The fourth-order valence-electron chi connectivity index (χ4n) is 3.66. The molecule has 0 radical (unpaired) electrons. The van der Waals surface area contributed by atoms with E-state index in [1.165, 1.54) is 6.26 Å². The molecule has 8 heteroatoms. The monoisotopic (exact) mass is 380 g/mol. The molecule has 1 aromatic carbocycles. The molecule has 0 bridgehead atoms. The number of sulfone groups is 1. The predicted octanol–water partition coefficient (Wildman–Crippen LogP) is 1.08. The molecule has 1 atom stereocenters. The molecule has 2 amide bonds. The third kappa shape index (κ3) is 3.85. The molecular formula is C18H24N2O5S. The van der Waals surface area contributed by atoms with E-state index in [2.05, 4.69) is 0 Å². The van der Waals surface area contributed by atoms with Gasteiger partial charge >= 0.3 is 0 Å². The van der Waals surface area contributed by atoms with Crippen molar-refractivity contribution in [1.82, 2.24) is 4.90 Å². The summed E-state index contributed by atoms with van der Waals surface area (Å²) >= 11 is 0. The first kappa shape index (κ1) is 18.7. The third-order valence-corrected chi connectivity index (χ3v) is 6.88. The second-order valence-electron chi connectivity index (χ2n) is 6.96. The number of likely N-dealkylation sites (tertiary alicyclic amines) is 1. The quantitative estimate of drug-likeness (QED) is 0.781. The number of nitrogens with zero attached hydrogens (tertiary/aromatic N) is 2. The molecule has 0 aromatic heterocycles. The molecule has 2 heterocycles. The average Bonchev–Trinajstić information content (AvgIpc) is 3.02. The molecular weight excluding hydrogens is 356 g/mol. The van der Waals surface area contributed by atoms with Gasteiger partial charge in [-0.1, -0.05) is 6.07 Å². The lowest BCUT2D eigenvalue weighted by Gasteiger charge is -2.32. The maximum Gasteiger partial charge on any atom is 0.228 e. The van der Waals surface area contributed by atoms with Gasteiger partial charge in [0.15, 0.2) is 0 Å². The number of hydrogen-bond donors (Lipinski definition) is 0. The Hall–Kier alpha value is -2.09. The van der Waals surface area contributed by atoms with Crippen molar-refractivity contribution in [2.75, 3.05) is 37.9 Å². The first-order valence-electron chi connectivity index (χ1n) is 8.71. The van der Waals surface area contributed by atoms with Crippen LogP contribution in [0, 0.1) is 5.92 Å². The highest BCUT2D eigenvalue weighted by Gasteiger charge is 2.39. The van der Waals surface area contributed by atoms with Crippen LogP contribution in [0.15, 0.2) is 24.3 Å². The zero-order valence-corrected chi connectivity index (χ0v) is 15.9. The molecule has 2 aliphatic rings. The van der Waals surface area contributed by atoms with Crippen molar-refractivity contribution < 1.29 is 22.7 Å². The maximum atomic E-state index is 12.8.